The summed E-state index contributed by atoms with van der Waals surface area (Å²) in [6, 6.07) is 3.94. The topological polar surface area (TPSA) is 83.6 Å². The molecular formula is C13H10N2O4. The lowest BCUT2D eigenvalue weighted by molar-refractivity contribution is -0.125. The van der Waals surface area contributed by atoms with Crippen LogP contribution in [0.15, 0.2) is 18.2 Å². The van der Waals surface area contributed by atoms with Gasteiger partial charge in [-0.25, -0.2) is 0 Å². The highest BCUT2D eigenvalue weighted by atomic mass is 16.2. The van der Waals surface area contributed by atoms with Crippen LogP contribution in [0.3, 0.4) is 0 Å². The smallest absolute Gasteiger partial charge is 0.262 e. The minimum atomic E-state index is -1.03. The minimum absolute atomic E-state index is 0.163. The fraction of sp³-hybridized carbons (Fsp3) is 0.231. The van der Waals surface area contributed by atoms with Crippen LogP contribution in [0.25, 0.3) is 0 Å². The van der Waals surface area contributed by atoms with Gasteiger partial charge >= 0.3 is 0 Å². The van der Waals surface area contributed by atoms with Crippen molar-refractivity contribution < 1.29 is 19.2 Å². The zero-order valence-electron chi connectivity index (χ0n) is 10.1. The number of aryl methyl sites for hydroxylation is 1. The highest BCUT2D eigenvalue weighted by Crippen LogP contribution is 2.29. The second kappa shape index (κ2) is 3.74. The molecule has 1 aromatic carbocycles. The Kier molecular flexibility index (Phi) is 2.28. The van der Waals surface area contributed by atoms with E-state index in [1.165, 1.54) is 0 Å². The molecule has 19 heavy (non-hydrogen) atoms. The van der Waals surface area contributed by atoms with Gasteiger partial charge in [0.1, 0.15) is 6.04 Å². The summed E-state index contributed by atoms with van der Waals surface area (Å²) in [4.78, 5) is 48.2. The molecule has 0 aromatic heterocycles. The third kappa shape index (κ3) is 1.49. The number of carbonyl (C=O) groups excluding carboxylic acids is 4. The third-order valence-electron chi connectivity index (χ3n) is 3.41. The molecule has 1 aromatic rings. The van der Waals surface area contributed by atoms with Crippen LogP contribution in [-0.2, 0) is 9.59 Å². The number of nitrogens with one attached hydrogen (secondary N) is 1. The van der Waals surface area contributed by atoms with E-state index in [9.17, 15) is 19.2 Å². The number of rotatable bonds is 1. The van der Waals surface area contributed by atoms with E-state index in [2.05, 4.69) is 5.32 Å². The van der Waals surface area contributed by atoms with Gasteiger partial charge < -0.3 is 0 Å². The highest BCUT2D eigenvalue weighted by molar-refractivity contribution is 6.24. The number of fused-ring (bicyclic) bond motifs is 1. The van der Waals surface area contributed by atoms with Crippen LogP contribution in [0.2, 0.25) is 0 Å². The maximum absolute atomic E-state index is 12.3. The SMILES string of the molecule is Cc1cccc2c1C(=O)N(C1CC(=O)NC1=O)C2=O. The summed E-state index contributed by atoms with van der Waals surface area (Å²) in [6.45, 7) is 1.73. The normalized spacial score (nSPS) is 21.9. The van der Waals surface area contributed by atoms with E-state index in [1.807, 2.05) is 0 Å². The number of amides is 4. The molecule has 3 rings (SSSR count). The molecule has 2 heterocycles. The molecule has 2 aliphatic rings. The molecule has 0 bridgehead atoms. The molecule has 6 nitrogen and oxygen atoms in total. The van der Waals surface area contributed by atoms with Gasteiger partial charge in [0.25, 0.3) is 11.8 Å². The Hall–Kier alpha value is -2.50. The summed E-state index contributed by atoms with van der Waals surface area (Å²) in [7, 11) is 0. The average molecular weight is 258 g/mol. The lowest BCUT2D eigenvalue weighted by Gasteiger charge is -2.18. The van der Waals surface area contributed by atoms with Gasteiger partial charge in [0.05, 0.1) is 17.5 Å². The van der Waals surface area contributed by atoms with Crippen LogP contribution in [0.1, 0.15) is 32.7 Å². The summed E-state index contributed by atoms with van der Waals surface area (Å²) >= 11 is 0. The predicted molar refractivity (Wildman–Crippen MR) is 63.2 cm³/mol. The Morgan fingerprint density at radius 1 is 1.16 bits per heavy atom. The second-order valence-electron chi connectivity index (χ2n) is 4.61. The average Bonchev–Trinajstić information content (AvgIpc) is 2.79. The van der Waals surface area contributed by atoms with Crippen LogP contribution in [0, 0.1) is 6.92 Å². The molecule has 96 valence electrons. The van der Waals surface area contributed by atoms with E-state index in [4.69, 9.17) is 0 Å². The zero-order chi connectivity index (χ0) is 13.7. The van der Waals surface area contributed by atoms with E-state index < -0.39 is 29.7 Å². The Morgan fingerprint density at radius 3 is 2.47 bits per heavy atom. The van der Waals surface area contributed by atoms with Crippen molar-refractivity contribution in [3.05, 3.63) is 34.9 Å². The number of nitrogens with zero attached hydrogens (tertiary/aromatic N) is 1. The number of hydrogen-bond donors (Lipinski definition) is 1. The van der Waals surface area contributed by atoms with Gasteiger partial charge in [-0.05, 0) is 18.6 Å². The lowest BCUT2D eigenvalue weighted by atomic mass is 10.0. The largest absolute Gasteiger partial charge is 0.295 e. The van der Waals surface area contributed by atoms with Gasteiger partial charge in [0.2, 0.25) is 11.8 Å². The van der Waals surface area contributed by atoms with Crippen LogP contribution in [0.5, 0.6) is 0 Å². The van der Waals surface area contributed by atoms with E-state index in [0.29, 0.717) is 11.1 Å². The minimum Gasteiger partial charge on any atom is -0.295 e. The molecule has 0 spiro atoms. The first kappa shape index (κ1) is 11.6. The van der Waals surface area contributed by atoms with Crippen molar-refractivity contribution in [2.24, 2.45) is 0 Å². The van der Waals surface area contributed by atoms with Crippen molar-refractivity contribution in [3.8, 4) is 0 Å². The zero-order valence-corrected chi connectivity index (χ0v) is 10.1. The molecule has 6 heteroatoms. The van der Waals surface area contributed by atoms with E-state index in [-0.39, 0.29) is 12.0 Å². The quantitative estimate of drug-likeness (QED) is 0.719. The van der Waals surface area contributed by atoms with Crippen LogP contribution < -0.4 is 5.32 Å². The first-order valence-electron chi connectivity index (χ1n) is 5.82. The number of carbonyl (C=O) groups is 4. The Bertz CT molecular complexity index is 650. The van der Waals surface area contributed by atoms with Gasteiger partial charge in [-0.15, -0.1) is 0 Å². The van der Waals surface area contributed by atoms with E-state index >= 15 is 0 Å². The van der Waals surface area contributed by atoms with Crippen molar-refractivity contribution in [1.82, 2.24) is 10.2 Å². The monoisotopic (exact) mass is 258 g/mol. The molecule has 1 fully saturated rings. The molecule has 1 N–H and O–H groups in total. The van der Waals surface area contributed by atoms with Gasteiger partial charge in [0.15, 0.2) is 0 Å². The maximum atomic E-state index is 12.3. The first-order chi connectivity index (χ1) is 9.00. The maximum Gasteiger partial charge on any atom is 0.262 e. The van der Waals surface area contributed by atoms with Crippen molar-refractivity contribution in [2.45, 2.75) is 19.4 Å². The Morgan fingerprint density at radius 2 is 1.89 bits per heavy atom. The molecule has 1 unspecified atom stereocenters. The molecule has 1 atom stereocenters. The highest BCUT2D eigenvalue weighted by Gasteiger charge is 2.46. The molecule has 4 amide bonds. The van der Waals surface area contributed by atoms with Crippen LogP contribution in [-0.4, -0.2) is 34.6 Å². The lowest BCUT2D eigenvalue weighted by Crippen LogP contribution is -2.44. The van der Waals surface area contributed by atoms with Gasteiger partial charge in [-0.2, -0.15) is 0 Å². The summed E-state index contributed by atoms with van der Waals surface area (Å²) in [6.07, 6.45) is -0.163. The van der Waals surface area contributed by atoms with Crippen LogP contribution >= 0.6 is 0 Å². The van der Waals surface area contributed by atoms with Gasteiger partial charge in [0, 0.05) is 0 Å². The number of imide groups is 2. The van der Waals surface area contributed by atoms with E-state index in [1.54, 1.807) is 25.1 Å². The first-order valence-corrected chi connectivity index (χ1v) is 5.82. The fourth-order valence-electron chi connectivity index (χ4n) is 2.50. The fourth-order valence-corrected chi connectivity index (χ4v) is 2.50. The van der Waals surface area contributed by atoms with Gasteiger partial charge in [-0.1, -0.05) is 12.1 Å². The van der Waals surface area contributed by atoms with Crippen molar-refractivity contribution in [3.63, 3.8) is 0 Å². The molecule has 2 aliphatic heterocycles. The molecule has 0 radical (unpaired) electrons. The summed E-state index contributed by atoms with van der Waals surface area (Å²) in [5.74, 6) is -2.09. The molecule has 0 saturated carbocycles. The number of hydrogen-bond acceptors (Lipinski definition) is 4. The van der Waals surface area contributed by atoms with Gasteiger partial charge in [-0.3, -0.25) is 29.4 Å². The third-order valence-corrected chi connectivity index (χ3v) is 3.41. The van der Waals surface area contributed by atoms with Crippen molar-refractivity contribution >= 4 is 23.6 Å². The Balaban J connectivity index is 2.06. The Labute approximate surface area is 108 Å². The van der Waals surface area contributed by atoms with E-state index in [0.717, 1.165) is 4.90 Å². The number of benzene rings is 1. The van der Waals surface area contributed by atoms with Crippen molar-refractivity contribution in [2.75, 3.05) is 0 Å². The predicted octanol–water partition coefficient (Wildman–Crippen LogP) is 0.00612. The van der Waals surface area contributed by atoms with Crippen molar-refractivity contribution in [1.29, 1.82) is 0 Å². The summed E-state index contributed by atoms with van der Waals surface area (Å²) in [5, 5.41) is 2.10. The molecule has 0 aliphatic carbocycles. The summed E-state index contributed by atoms with van der Waals surface area (Å²) < 4.78 is 0. The molecule has 1 saturated heterocycles. The summed E-state index contributed by atoms with van der Waals surface area (Å²) in [5.41, 5.74) is 1.29. The molecular weight excluding hydrogens is 248 g/mol. The van der Waals surface area contributed by atoms with Crippen LogP contribution in [0.4, 0.5) is 0 Å². The second-order valence-corrected chi connectivity index (χ2v) is 4.61. The standard InChI is InChI=1S/C13H10N2O4/c1-6-3-2-4-7-10(6)13(19)15(12(7)18)8-5-9(16)14-11(8)17/h2-4,8H,5H2,1H3,(H,14,16,17).